The first-order chi connectivity index (χ1) is 14.4. The van der Waals surface area contributed by atoms with Crippen LogP contribution >= 0.6 is 23.2 Å². The van der Waals surface area contributed by atoms with Crippen molar-refractivity contribution in [3.05, 3.63) is 69.5 Å². The summed E-state index contributed by atoms with van der Waals surface area (Å²) >= 11 is 11.8. The molecule has 2 aromatic carbocycles. The Hall–Kier alpha value is -1.70. The second kappa shape index (κ2) is 9.20. The van der Waals surface area contributed by atoms with Crippen LogP contribution < -0.4 is 0 Å². The van der Waals surface area contributed by atoms with Crippen LogP contribution in [-0.2, 0) is 6.54 Å². The Morgan fingerprint density at radius 1 is 1.03 bits per heavy atom. The monoisotopic (exact) mass is 451 g/mol. The van der Waals surface area contributed by atoms with Crippen LogP contribution in [0, 0.1) is 5.82 Å². The van der Waals surface area contributed by atoms with Gasteiger partial charge in [0.15, 0.2) is 0 Å². The number of carbonyl (C=O) groups is 1. The Kier molecular flexibility index (Phi) is 6.60. The molecule has 0 aliphatic carbocycles. The van der Waals surface area contributed by atoms with Crippen molar-refractivity contribution in [1.29, 1.82) is 0 Å². The summed E-state index contributed by atoms with van der Waals surface area (Å²) in [6.07, 6.45) is -0.604. The van der Waals surface area contributed by atoms with Crippen molar-refractivity contribution >= 4 is 29.1 Å². The van der Waals surface area contributed by atoms with Crippen molar-refractivity contribution in [2.75, 3.05) is 39.3 Å². The predicted molar refractivity (Wildman–Crippen MR) is 115 cm³/mol. The van der Waals surface area contributed by atoms with Crippen molar-refractivity contribution in [3.63, 3.8) is 0 Å². The van der Waals surface area contributed by atoms with Gasteiger partial charge in [-0.05, 0) is 35.9 Å². The molecule has 160 valence electrons. The third-order valence-corrected chi connectivity index (χ3v) is 6.45. The molecular formula is C22H24Cl2FN3O2. The van der Waals surface area contributed by atoms with Gasteiger partial charge in [-0.1, -0.05) is 35.3 Å². The molecule has 2 atom stereocenters. The number of benzene rings is 2. The third kappa shape index (κ3) is 4.79. The van der Waals surface area contributed by atoms with Crippen molar-refractivity contribution in [2.45, 2.75) is 18.7 Å². The Labute approximate surface area is 185 Å². The van der Waals surface area contributed by atoms with Gasteiger partial charge in [-0.25, -0.2) is 4.39 Å². The minimum absolute atomic E-state index is 0.0750. The van der Waals surface area contributed by atoms with Gasteiger partial charge < -0.3 is 10.0 Å². The lowest BCUT2D eigenvalue weighted by Gasteiger charge is -2.38. The minimum Gasteiger partial charge on any atom is -0.390 e. The maximum atomic E-state index is 13.4. The Bertz CT molecular complexity index is 904. The number of amides is 1. The Balaban J connectivity index is 1.32. The molecule has 1 amide bonds. The number of rotatable bonds is 4. The highest BCUT2D eigenvalue weighted by atomic mass is 35.5. The second-order valence-electron chi connectivity index (χ2n) is 7.91. The van der Waals surface area contributed by atoms with E-state index in [0.717, 1.165) is 37.7 Å². The van der Waals surface area contributed by atoms with Crippen LogP contribution in [0.4, 0.5) is 4.39 Å². The summed E-state index contributed by atoms with van der Waals surface area (Å²) in [6, 6.07) is 11.8. The quantitative estimate of drug-likeness (QED) is 0.775. The molecule has 8 heteroatoms. The van der Waals surface area contributed by atoms with Crippen molar-refractivity contribution < 1.29 is 14.3 Å². The van der Waals surface area contributed by atoms with Crippen molar-refractivity contribution in [2.24, 2.45) is 0 Å². The van der Waals surface area contributed by atoms with Gasteiger partial charge in [-0.2, -0.15) is 0 Å². The number of β-amino-alcohol motifs (C(OH)–C–C–N with tert-alkyl or cyclic N) is 1. The molecule has 2 aliphatic heterocycles. The highest BCUT2D eigenvalue weighted by molar-refractivity contribution is 6.31. The summed E-state index contributed by atoms with van der Waals surface area (Å²) in [4.78, 5) is 19.0. The smallest absolute Gasteiger partial charge is 0.254 e. The minimum atomic E-state index is -0.604. The molecule has 2 aromatic rings. The van der Waals surface area contributed by atoms with E-state index in [1.165, 1.54) is 23.8 Å². The molecule has 0 aromatic heterocycles. The summed E-state index contributed by atoms with van der Waals surface area (Å²) in [5, 5.41) is 11.2. The van der Waals surface area contributed by atoms with Gasteiger partial charge in [-0.3, -0.25) is 14.6 Å². The molecule has 2 aliphatic rings. The molecule has 2 heterocycles. The first kappa shape index (κ1) is 21.5. The number of hydrogen-bond acceptors (Lipinski definition) is 4. The summed E-state index contributed by atoms with van der Waals surface area (Å²) in [5.74, 6) is -0.788. The summed E-state index contributed by atoms with van der Waals surface area (Å²) in [5.41, 5.74) is 1.56. The van der Waals surface area contributed by atoms with Gasteiger partial charge in [0.05, 0.1) is 17.2 Å². The molecule has 0 radical (unpaired) electrons. The third-order valence-electron chi connectivity index (χ3n) is 5.91. The molecule has 30 heavy (non-hydrogen) atoms. The molecule has 2 fully saturated rings. The fourth-order valence-electron chi connectivity index (χ4n) is 4.21. The molecule has 4 rings (SSSR count). The largest absolute Gasteiger partial charge is 0.390 e. The van der Waals surface area contributed by atoms with E-state index in [9.17, 15) is 14.3 Å². The van der Waals surface area contributed by atoms with Gasteiger partial charge in [0, 0.05) is 56.4 Å². The predicted octanol–water partition coefficient (Wildman–Crippen LogP) is 3.14. The highest BCUT2D eigenvalue weighted by Gasteiger charge is 2.38. The first-order valence-corrected chi connectivity index (χ1v) is 10.8. The average Bonchev–Trinajstić information content (AvgIpc) is 3.13. The zero-order chi connectivity index (χ0) is 21.3. The molecule has 0 bridgehead atoms. The van der Waals surface area contributed by atoms with Gasteiger partial charge in [0.25, 0.3) is 5.91 Å². The van der Waals surface area contributed by atoms with Gasteiger partial charge >= 0.3 is 0 Å². The summed E-state index contributed by atoms with van der Waals surface area (Å²) < 4.78 is 13.4. The fraction of sp³-hybridized carbons (Fsp3) is 0.409. The molecule has 5 nitrogen and oxygen atoms in total. The normalized spacial score (nSPS) is 23.1. The van der Waals surface area contributed by atoms with E-state index >= 15 is 0 Å². The van der Waals surface area contributed by atoms with E-state index in [0.29, 0.717) is 12.1 Å². The second-order valence-corrected chi connectivity index (χ2v) is 8.76. The van der Waals surface area contributed by atoms with Crippen molar-refractivity contribution in [1.82, 2.24) is 14.7 Å². The van der Waals surface area contributed by atoms with Crippen LogP contribution in [0.1, 0.15) is 15.9 Å². The maximum absolute atomic E-state index is 13.4. The van der Waals surface area contributed by atoms with Gasteiger partial charge in [0.1, 0.15) is 5.82 Å². The molecule has 0 spiro atoms. The van der Waals surface area contributed by atoms with E-state index in [-0.39, 0.29) is 23.5 Å². The van der Waals surface area contributed by atoms with E-state index in [1.54, 1.807) is 4.90 Å². The van der Waals surface area contributed by atoms with Gasteiger partial charge in [0.2, 0.25) is 0 Å². The lowest BCUT2D eigenvalue weighted by atomic mass is 10.1. The number of aliphatic hydroxyl groups excluding tert-OH is 1. The number of hydrogen-bond donors (Lipinski definition) is 1. The number of aliphatic hydroxyl groups is 1. The number of carbonyl (C=O) groups excluding carboxylic acids is 1. The van der Waals surface area contributed by atoms with E-state index in [1.807, 2.05) is 24.3 Å². The lowest BCUT2D eigenvalue weighted by molar-refractivity contribution is 0.0423. The van der Waals surface area contributed by atoms with Crippen LogP contribution in [0.3, 0.4) is 0 Å². The van der Waals surface area contributed by atoms with Crippen LogP contribution in [0.2, 0.25) is 10.0 Å². The van der Waals surface area contributed by atoms with Crippen LogP contribution in [-0.4, -0.2) is 77.1 Å². The first-order valence-electron chi connectivity index (χ1n) is 10.0. The van der Waals surface area contributed by atoms with E-state index < -0.39 is 11.9 Å². The number of halogens is 3. The fourth-order valence-corrected chi connectivity index (χ4v) is 4.51. The highest BCUT2D eigenvalue weighted by Crippen LogP contribution is 2.23. The lowest BCUT2D eigenvalue weighted by Crippen LogP contribution is -2.53. The Morgan fingerprint density at radius 2 is 1.73 bits per heavy atom. The molecule has 0 saturated carbocycles. The number of likely N-dealkylation sites (tertiary alicyclic amines) is 1. The zero-order valence-corrected chi connectivity index (χ0v) is 18.0. The van der Waals surface area contributed by atoms with E-state index in [4.69, 9.17) is 23.2 Å². The molecule has 2 saturated heterocycles. The topological polar surface area (TPSA) is 47.0 Å². The molecule has 1 N–H and O–H groups in total. The van der Waals surface area contributed by atoms with Crippen LogP contribution in [0.25, 0.3) is 0 Å². The summed E-state index contributed by atoms with van der Waals surface area (Å²) in [7, 11) is 0. The maximum Gasteiger partial charge on any atom is 0.254 e. The zero-order valence-electron chi connectivity index (χ0n) is 16.5. The van der Waals surface area contributed by atoms with E-state index in [2.05, 4.69) is 9.80 Å². The van der Waals surface area contributed by atoms with Crippen molar-refractivity contribution in [3.8, 4) is 0 Å². The Morgan fingerprint density at radius 3 is 2.40 bits per heavy atom. The molecular weight excluding hydrogens is 428 g/mol. The molecule has 0 unspecified atom stereocenters. The van der Waals surface area contributed by atoms with Gasteiger partial charge in [-0.15, -0.1) is 0 Å². The summed E-state index contributed by atoms with van der Waals surface area (Å²) in [6.45, 7) is 5.05. The standard InChI is InChI=1S/C22H24Cl2FN3O2/c23-17-4-1-15(2-5-17)12-26-7-9-27(10-8-26)20-13-28(14-21(20)29)22(30)16-3-6-19(25)18(24)11-16/h1-6,11,20-21,29H,7-10,12-14H2/t20-,21-/m1/s1. The van der Waals surface area contributed by atoms with Crippen LogP contribution in [0.15, 0.2) is 42.5 Å². The SMILES string of the molecule is O=C(c1ccc(F)c(Cl)c1)N1C[C@@H](O)[C@H](N2CCN(Cc3ccc(Cl)cc3)CC2)C1. The average molecular weight is 452 g/mol. The number of nitrogens with zero attached hydrogens (tertiary/aromatic N) is 3. The number of piperazine rings is 1. The van der Waals surface area contributed by atoms with Crippen LogP contribution in [0.5, 0.6) is 0 Å².